The van der Waals surface area contributed by atoms with Gasteiger partial charge in [-0.15, -0.1) is 0 Å². The fraction of sp³-hybridized carbons (Fsp3) is 0.714. The van der Waals surface area contributed by atoms with Crippen molar-refractivity contribution in [3.05, 3.63) is 0 Å². The van der Waals surface area contributed by atoms with E-state index in [9.17, 15) is 4.79 Å². The minimum Gasteiger partial charge on any atom is -0.467 e. The maximum Gasteiger partial charge on any atom is 0.331 e. The molecule has 22 heavy (non-hydrogen) atoms. The molecule has 0 unspecified atom stereocenters. The highest BCUT2D eigenvalue weighted by Crippen LogP contribution is 2.34. The van der Waals surface area contributed by atoms with Crippen molar-refractivity contribution in [2.24, 2.45) is 0 Å². The molecule has 0 saturated heterocycles. The first-order valence-corrected chi connectivity index (χ1v) is 8.50. The van der Waals surface area contributed by atoms with Crippen molar-refractivity contribution in [3.63, 3.8) is 0 Å². The van der Waals surface area contributed by atoms with E-state index in [0.29, 0.717) is 30.6 Å². The molecule has 8 heteroatoms. The van der Waals surface area contributed by atoms with E-state index in [1.54, 1.807) is 0 Å². The van der Waals surface area contributed by atoms with Crippen LogP contribution in [-0.2, 0) is 9.53 Å². The van der Waals surface area contributed by atoms with Gasteiger partial charge < -0.3 is 14.8 Å². The van der Waals surface area contributed by atoms with E-state index in [0.717, 1.165) is 18.6 Å². The molecule has 1 fully saturated rings. The summed E-state index contributed by atoms with van der Waals surface area (Å²) in [6.07, 6.45) is 3.38. The zero-order chi connectivity index (χ0) is 16.0. The molecule has 1 heterocycles. The number of hydrogen-bond donors (Lipinski definition) is 1. The number of nitrogens with one attached hydrogen (secondary N) is 1. The Kier molecular flexibility index (Phi) is 5.82. The largest absolute Gasteiger partial charge is 0.467 e. The number of esters is 1. The molecule has 0 bridgehead atoms. The number of nitrogens with zero attached hydrogens (tertiary/aromatic N) is 3. The fourth-order valence-corrected chi connectivity index (χ4v) is 3.10. The van der Waals surface area contributed by atoms with Gasteiger partial charge in [0.15, 0.2) is 5.16 Å². The first-order valence-electron chi connectivity index (χ1n) is 7.52. The van der Waals surface area contributed by atoms with Crippen molar-refractivity contribution in [1.82, 2.24) is 15.0 Å². The zero-order valence-corrected chi connectivity index (χ0v) is 14.0. The fourth-order valence-electron chi connectivity index (χ4n) is 2.55. The molecular weight excluding hydrogens is 304 g/mol. The lowest BCUT2D eigenvalue weighted by Crippen LogP contribution is -2.45. The van der Waals surface area contributed by atoms with Crippen molar-refractivity contribution in [1.29, 1.82) is 0 Å². The molecule has 1 saturated carbocycles. The summed E-state index contributed by atoms with van der Waals surface area (Å²) in [5.74, 6) is 0.937. The van der Waals surface area contributed by atoms with Crippen LogP contribution in [0.1, 0.15) is 39.5 Å². The highest BCUT2D eigenvalue weighted by molar-refractivity contribution is 7.99. The lowest BCUT2D eigenvalue weighted by Gasteiger charge is -2.27. The number of carbonyl (C=O) groups excluding carboxylic acids is 1. The van der Waals surface area contributed by atoms with Crippen LogP contribution >= 0.6 is 11.8 Å². The van der Waals surface area contributed by atoms with E-state index in [2.05, 4.69) is 20.3 Å². The van der Waals surface area contributed by atoms with E-state index in [4.69, 9.17) is 9.47 Å². The molecule has 1 aliphatic rings. The molecule has 7 nitrogen and oxygen atoms in total. The second-order valence-corrected chi connectivity index (χ2v) is 6.23. The van der Waals surface area contributed by atoms with Crippen molar-refractivity contribution in [3.8, 4) is 6.01 Å². The maximum atomic E-state index is 12.2. The number of thioether (sulfide) groups is 1. The molecule has 0 amide bonds. The van der Waals surface area contributed by atoms with Gasteiger partial charge in [-0.3, -0.25) is 0 Å². The summed E-state index contributed by atoms with van der Waals surface area (Å²) in [5.41, 5.74) is -0.742. The van der Waals surface area contributed by atoms with Gasteiger partial charge in [-0.25, -0.2) is 4.79 Å². The normalized spacial score (nSPS) is 16.3. The SMILES string of the molecule is CCOc1nc(NC2(C(=O)OC)CCCC2)nc(SCC)n1. The molecule has 1 aromatic rings. The van der Waals surface area contributed by atoms with Gasteiger partial charge >= 0.3 is 12.0 Å². The van der Waals surface area contributed by atoms with Gasteiger partial charge in [-0.1, -0.05) is 31.5 Å². The number of hydrogen-bond acceptors (Lipinski definition) is 8. The topological polar surface area (TPSA) is 86.2 Å². The summed E-state index contributed by atoms with van der Waals surface area (Å²) in [5, 5.41) is 3.76. The van der Waals surface area contributed by atoms with Crippen LogP contribution in [0.3, 0.4) is 0 Å². The van der Waals surface area contributed by atoms with E-state index < -0.39 is 5.54 Å². The Morgan fingerprint density at radius 2 is 2.00 bits per heavy atom. The molecule has 0 spiro atoms. The van der Waals surface area contributed by atoms with Crippen LogP contribution in [0.4, 0.5) is 5.95 Å². The average Bonchev–Trinajstić information content (AvgIpc) is 2.96. The van der Waals surface area contributed by atoms with E-state index in [-0.39, 0.29) is 12.0 Å². The Morgan fingerprint density at radius 3 is 2.59 bits per heavy atom. The number of aromatic nitrogens is 3. The third kappa shape index (κ3) is 3.79. The Morgan fingerprint density at radius 1 is 1.27 bits per heavy atom. The molecule has 1 aliphatic carbocycles. The van der Waals surface area contributed by atoms with Crippen molar-refractivity contribution >= 4 is 23.7 Å². The molecule has 0 radical (unpaired) electrons. The Balaban J connectivity index is 2.27. The second-order valence-electron chi connectivity index (χ2n) is 5.00. The summed E-state index contributed by atoms with van der Waals surface area (Å²) < 4.78 is 10.3. The predicted octanol–water partition coefficient (Wildman–Crippen LogP) is 2.28. The Bertz CT molecular complexity index is 497. The van der Waals surface area contributed by atoms with Crippen LogP contribution in [0.25, 0.3) is 0 Å². The van der Waals surface area contributed by atoms with Gasteiger partial charge in [0.1, 0.15) is 5.54 Å². The summed E-state index contributed by atoms with van der Waals surface area (Å²) >= 11 is 1.50. The van der Waals surface area contributed by atoms with Crippen molar-refractivity contribution < 1.29 is 14.3 Å². The van der Waals surface area contributed by atoms with E-state index in [1.165, 1.54) is 18.9 Å². The number of carbonyl (C=O) groups is 1. The van der Waals surface area contributed by atoms with Gasteiger partial charge in [0, 0.05) is 0 Å². The van der Waals surface area contributed by atoms with Gasteiger partial charge in [0.2, 0.25) is 5.95 Å². The van der Waals surface area contributed by atoms with E-state index in [1.807, 2.05) is 13.8 Å². The molecule has 0 atom stereocenters. The van der Waals surface area contributed by atoms with Crippen molar-refractivity contribution in [2.45, 2.75) is 50.2 Å². The van der Waals surface area contributed by atoms with Gasteiger partial charge in [0.25, 0.3) is 0 Å². The molecular formula is C14H22N4O3S. The summed E-state index contributed by atoms with van der Waals surface area (Å²) in [6.45, 7) is 4.37. The third-order valence-electron chi connectivity index (χ3n) is 3.53. The highest BCUT2D eigenvalue weighted by Gasteiger charge is 2.43. The van der Waals surface area contributed by atoms with Crippen LogP contribution in [0.5, 0.6) is 6.01 Å². The molecule has 0 aromatic carbocycles. The van der Waals surface area contributed by atoms with Crippen LogP contribution in [-0.4, -0.2) is 45.9 Å². The lowest BCUT2D eigenvalue weighted by molar-refractivity contribution is -0.145. The molecule has 0 aliphatic heterocycles. The molecule has 2 rings (SSSR count). The molecule has 122 valence electrons. The highest BCUT2D eigenvalue weighted by atomic mass is 32.2. The summed E-state index contributed by atoms with van der Waals surface area (Å²) in [4.78, 5) is 25.0. The van der Waals surface area contributed by atoms with Crippen LogP contribution < -0.4 is 10.1 Å². The smallest absolute Gasteiger partial charge is 0.331 e. The van der Waals surface area contributed by atoms with Gasteiger partial charge in [-0.05, 0) is 25.5 Å². The van der Waals surface area contributed by atoms with Crippen LogP contribution in [0.2, 0.25) is 0 Å². The quantitative estimate of drug-likeness (QED) is 0.603. The number of methoxy groups -OCH3 is 1. The molecule has 1 N–H and O–H groups in total. The van der Waals surface area contributed by atoms with Gasteiger partial charge in [0.05, 0.1) is 13.7 Å². The number of ether oxygens (including phenoxy) is 2. The minimum absolute atomic E-state index is 0.270. The number of rotatable bonds is 7. The van der Waals surface area contributed by atoms with Gasteiger partial charge in [-0.2, -0.15) is 15.0 Å². The standard InChI is InChI=1S/C14H22N4O3S/c1-4-21-12-15-11(16-13(17-12)22-5-2)18-14(10(19)20-3)8-6-7-9-14/h4-9H2,1-3H3,(H,15,16,17,18). The monoisotopic (exact) mass is 326 g/mol. The minimum atomic E-state index is -0.742. The second kappa shape index (κ2) is 7.62. The number of anilines is 1. The third-order valence-corrected chi connectivity index (χ3v) is 4.26. The predicted molar refractivity (Wildman–Crippen MR) is 84.2 cm³/mol. The maximum absolute atomic E-state index is 12.2. The first-order chi connectivity index (χ1) is 10.6. The summed E-state index contributed by atoms with van der Waals surface area (Å²) in [6, 6.07) is 0.272. The summed E-state index contributed by atoms with van der Waals surface area (Å²) in [7, 11) is 1.40. The van der Waals surface area contributed by atoms with Crippen LogP contribution in [0.15, 0.2) is 5.16 Å². The van der Waals surface area contributed by atoms with Crippen LogP contribution in [0, 0.1) is 0 Å². The van der Waals surface area contributed by atoms with Crippen molar-refractivity contribution in [2.75, 3.05) is 24.8 Å². The molecule has 1 aromatic heterocycles. The average molecular weight is 326 g/mol. The Labute approximate surface area is 134 Å². The lowest BCUT2D eigenvalue weighted by atomic mass is 9.98. The Hall–Kier alpha value is -1.57. The van der Waals surface area contributed by atoms with E-state index >= 15 is 0 Å². The first kappa shape index (κ1) is 16.8. The zero-order valence-electron chi connectivity index (χ0n) is 13.2.